The lowest BCUT2D eigenvalue weighted by Crippen LogP contribution is -2.52. The number of hydrogen-bond donors (Lipinski definition) is 1. The highest BCUT2D eigenvalue weighted by molar-refractivity contribution is 5.79. The zero-order valence-corrected chi connectivity index (χ0v) is 19.4. The first kappa shape index (κ1) is 21.0. The smallest absolute Gasteiger partial charge is 0.253 e. The molecule has 3 aromatic rings. The van der Waals surface area contributed by atoms with Crippen molar-refractivity contribution in [2.45, 2.75) is 70.0 Å². The molecule has 2 unspecified atom stereocenters. The van der Waals surface area contributed by atoms with Gasteiger partial charge in [0, 0.05) is 36.8 Å². The average Bonchev–Trinajstić information content (AvgIpc) is 3.50. The molecule has 0 bridgehead atoms. The van der Waals surface area contributed by atoms with Gasteiger partial charge in [0.15, 0.2) is 5.82 Å². The minimum Gasteiger partial charge on any atom is -0.322 e. The van der Waals surface area contributed by atoms with E-state index in [9.17, 15) is 4.79 Å². The number of nitrogens with one attached hydrogen (secondary N) is 1. The van der Waals surface area contributed by atoms with Gasteiger partial charge in [-0.25, -0.2) is 4.68 Å². The summed E-state index contributed by atoms with van der Waals surface area (Å²) in [6.07, 6.45) is 8.41. The van der Waals surface area contributed by atoms with E-state index in [0.717, 1.165) is 54.8 Å². The predicted molar refractivity (Wildman–Crippen MR) is 127 cm³/mol. The van der Waals surface area contributed by atoms with Crippen LogP contribution in [0.3, 0.4) is 0 Å². The van der Waals surface area contributed by atoms with Crippen LogP contribution in [0.5, 0.6) is 0 Å². The number of benzene rings is 1. The summed E-state index contributed by atoms with van der Waals surface area (Å²) < 4.78 is 2.05. The van der Waals surface area contributed by atoms with E-state index in [1.54, 1.807) is 0 Å². The maximum Gasteiger partial charge on any atom is 0.253 e. The van der Waals surface area contributed by atoms with E-state index in [4.69, 9.17) is 0 Å². The molecule has 2 aliphatic heterocycles. The van der Waals surface area contributed by atoms with Gasteiger partial charge in [0.1, 0.15) is 6.04 Å². The first-order chi connectivity index (χ1) is 16.2. The van der Waals surface area contributed by atoms with Crippen molar-refractivity contribution in [2.75, 3.05) is 26.2 Å². The molecule has 3 fully saturated rings. The summed E-state index contributed by atoms with van der Waals surface area (Å²) in [6.45, 7) is 6.19. The molecule has 2 atom stereocenters. The molecule has 8 heteroatoms. The molecule has 0 spiro atoms. The van der Waals surface area contributed by atoms with Gasteiger partial charge in [-0.2, -0.15) is 0 Å². The number of rotatable bonds is 4. The number of aryl methyl sites for hydroxylation is 1. The largest absolute Gasteiger partial charge is 0.322 e. The summed E-state index contributed by atoms with van der Waals surface area (Å²) in [4.78, 5) is 21.6. The standard InChI is InChI=1S/C25H33N7O/c1-17-9-10-22-18(14-17)15-21(25(33)26-22)23(31-13-12-30-11-5-8-20(30)16-31)24-27-28-29-32(24)19-6-3-2-4-7-19/h9-10,14-15,19-20,23H,2-8,11-13,16H2,1H3,(H,26,33). The zero-order chi connectivity index (χ0) is 22.4. The Bertz CT molecular complexity index is 1190. The van der Waals surface area contributed by atoms with Crippen molar-refractivity contribution >= 4 is 10.9 Å². The van der Waals surface area contributed by atoms with Gasteiger partial charge in [-0.15, -0.1) is 5.10 Å². The third-order valence-corrected chi connectivity index (χ3v) is 7.99. The number of H-pyrrole nitrogens is 1. The minimum atomic E-state index is -0.238. The highest BCUT2D eigenvalue weighted by Crippen LogP contribution is 2.35. The van der Waals surface area contributed by atoms with Crippen LogP contribution in [-0.4, -0.2) is 67.2 Å². The van der Waals surface area contributed by atoms with Crippen molar-refractivity contribution in [1.29, 1.82) is 0 Å². The van der Waals surface area contributed by atoms with Crippen molar-refractivity contribution in [1.82, 2.24) is 35.0 Å². The maximum absolute atomic E-state index is 13.4. The lowest BCUT2D eigenvalue weighted by atomic mass is 9.94. The molecule has 3 aliphatic rings. The number of aromatic nitrogens is 5. The van der Waals surface area contributed by atoms with Crippen molar-refractivity contribution in [3.05, 3.63) is 51.6 Å². The number of piperazine rings is 1. The monoisotopic (exact) mass is 447 g/mol. The summed E-state index contributed by atoms with van der Waals surface area (Å²) >= 11 is 0. The fourth-order valence-electron chi connectivity index (χ4n) is 6.26. The van der Waals surface area contributed by atoms with Crippen molar-refractivity contribution in [2.24, 2.45) is 0 Å². The molecule has 2 aromatic heterocycles. The van der Waals surface area contributed by atoms with Crippen LogP contribution >= 0.6 is 0 Å². The lowest BCUT2D eigenvalue weighted by molar-refractivity contribution is 0.0778. The molecule has 0 radical (unpaired) electrons. The van der Waals surface area contributed by atoms with Crippen molar-refractivity contribution < 1.29 is 0 Å². The van der Waals surface area contributed by atoms with E-state index in [1.807, 2.05) is 16.8 Å². The Labute approximate surface area is 194 Å². The van der Waals surface area contributed by atoms with Crippen LogP contribution in [0.2, 0.25) is 0 Å². The van der Waals surface area contributed by atoms with E-state index < -0.39 is 0 Å². The molecule has 1 aromatic carbocycles. The quantitative estimate of drug-likeness (QED) is 0.661. The molecule has 8 nitrogen and oxygen atoms in total. The number of hydrogen-bond acceptors (Lipinski definition) is 6. The van der Waals surface area contributed by atoms with Crippen LogP contribution in [0.15, 0.2) is 29.1 Å². The van der Waals surface area contributed by atoms with Crippen LogP contribution in [0, 0.1) is 6.92 Å². The lowest BCUT2D eigenvalue weighted by Gasteiger charge is -2.41. The summed E-state index contributed by atoms with van der Waals surface area (Å²) in [5, 5.41) is 14.2. The maximum atomic E-state index is 13.4. The second kappa shape index (κ2) is 8.65. The molecular formula is C25H33N7O. The third-order valence-electron chi connectivity index (χ3n) is 7.99. The fourth-order valence-corrected chi connectivity index (χ4v) is 6.26. The van der Waals surface area contributed by atoms with Crippen molar-refractivity contribution in [3.63, 3.8) is 0 Å². The van der Waals surface area contributed by atoms with Gasteiger partial charge in [-0.1, -0.05) is 30.9 Å². The molecule has 1 aliphatic carbocycles. The van der Waals surface area contributed by atoms with E-state index in [1.165, 1.54) is 44.2 Å². The number of nitrogens with zero attached hydrogens (tertiary/aromatic N) is 6. The Balaban J connectivity index is 1.46. The highest BCUT2D eigenvalue weighted by atomic mass is 16.1. The second-order valence-electron chi connectivity index (χ2n) is 10.1. The zero-order valence-electron chi connectivity index (χ0n) is 19.4. The van der Waals surface area contributed by atoms with Gasteiger partial charge in [0.25, 0.3) is 5.56 Å². The SMILES string of the molecule is Cc1ccc2[nH]c(=O)c(C(c3nnnn3C3CCCCC3)N3CCN4CCCC4C3)cc2c1. The van der Waals surface area contributed by atoms with Gasteiger partial charge in [-0.3, -0.25) is 14.6 Å². The van der Waals surface area contributed by atoms with Crippen LogP contribution in [0.25, 0.3) is 10.9 Å². The molecule has 1 saturated carbocycles. The second-order valence-corrected chi connectivity index (χ2v) is 10.1. The van der Waals surface area contributed by atoms with Crippen LogP contribution < -0.4 is 5.56 Å². The Morgan fingerprint density at radius 2 is 1.85 bits per heavy atom. The van der Waals surface area contributed by atoms with Crippen LogP contribution in [-0.2, 0) is 0 Å². The Kier molecular flexibility index (Phi) is 5.50. The fraction of sp³-hybridized carbons (Fsp3) is 0.600. The summed E-state index contributed by atoms with van der Waals surface area (Å²) in [7, 11) is 0. The molecule has 174 valence electrons. The Hall–Kier alpha value is -2.58. The highest BCUT2D eigenvalue weighted by Gasteiger charge is 2.38. The summed E-state index contributed by atoms with van der Waals surface area (Å²) in [5.74, 6) is 0.825. The Morgan fingerprint density at radius 3 is 2.73 bits per heavy atom. The predicted octanol–water partition coefficient (Wildman–Crippen LogP) is 3.20. The van der Waals surface area contributed by atoms with Gasteiger partial charge in [-0.05, 0) is 73.2 Å². The van der Waals surface area contributed by atoms with Gasteiger partial charge < -0.3 is 4.98 Å². The van der Waals surface area contributed by atoms with Gasteiger partial charge in [0.05, 0.1) is 6.04 Å². The van der Waals surface area contributed by atoms with Gasteiger partial charge >= 0.3 is 0 Å². The first-order valence-corrected chi connectivity index (χ1v) is 12.6. The molecular weight excluding hydrogens is 414 g/mol. The van der Waals surface area contributed by atoms with Gasteiger partial charge in [0.2, 0.25) is 0 Å². The molecule has 4 heterocycles. The molecule has 33 heavy (non-hydrogen) atoms. The van der Waals surface area contributed by atoms with E-state index in [-0.39, 0.29) is 11.6 Å². The molecule has 1 N–H and O–H groups in total. The number of aromatic amines is 1. The van der Waals surface area contributed by atoms with E-state index in [0.29, 0.717) is 12.1 Å². The number of pyridine rings is 1. The first-order valence-electron chi connectivity index (χ1n) is 12.6. The summed E-state index contributed by atoms with van der Waals surface area (Å²) in [6, 6.07) is 8.89. The van der Waals surface area contributed by atoms with Crippen molar-refractivity contribution in [3.8, 4) is 0 Å². The normalized spacial score (nSPS) is 23.7. The number of tetrazole rings is 1. The topological polar surface area (TPSA) is 82.9 Å². The minimum absolute atomic E-state index is 0.0385. The van der Waals surface area contributed by atoms with E-state index in [2.05, 4.69) is 49.4 Å². The summed E-state index contributed by atoms with van der Waals surface area (Å²) in [5.41, 5.74) is 2.78. The molecule has 2 saturated heterocycles. The third kappa shape index (κ3) is 3.89. The Morgan fingerprint density at radius 1 is 1.00 bits per heavy atom. The average molecular weight is 448 g/mol. The van der Waals surface area contributed by atoms with Crippen LogP contribution in [0.4, 0.5) is 0 Å². The molecule has 0 amide bonds. The van der Waals surface area contributed by atoms with Crippen LogP contribution in [0.1, 0.15) is 74.0 Å². The molecule has 6 rings (SSSR count). The van der Waals surface area contributed by atoms with E-state index >= 15 is 0 Å². The number of fused-ring (bicyclic) bond motifs is 2.